The minimum absolute atomic E-state index is 0.204. The maximum Gasteiger partial charge on any atom is 0.274 e. The summed E-state index contributed by atoms with van der Waals surface area (Å²) in [7, 11) is 0. The number of ether oxygens (including phenoxy) is 1. The Morgan fingerprint density at radius 2 is 1.96 bits per heavy atom. The highest BCUT2D eigenvalue weighted by Gasteiger charge is 2.26. The van der Waals surface area contributed by atoms with Gasteiger partial charge in [-0.3, -0.25) is 4.79 Å². The van der Waals surface area contributed by atoms with Gasteiger partial charge in [0.2, 0.25) is 0 Å². The van der Waals surface area contributed by atoms with E-state index in [1.807, 2.05) is 0 Å². The van der Waals surface area contributed by atoms with E-state index in [9.17, 15) is 4.79 Å². The van der Waals surface area contributed by atoms with Crippen LogP contribution in [0.5, 0.6) is 0 Å². The number of carbonyl (C=O) groups excluding carboxylic acids is 1. The molecule has 128 valence electrons. The fourth-order valence-electron chi connectivity index (χ4n) is 3.44. The van der Waals surface area contributed by atoms with E-state index in [4.69, 9.17) is 9.26 Å². The number of rotatable bonds is 3. The molecule has 1 saturated heterocycles. The van der Waals surface area contributed by atoms with E-state index in [0.29, 0.717) is 30.1 Å². The molecule has 0 unspecified atom stereocenters. The lowest BCUT2D eigenvalue weighted by atomic mass is 9.95. The van der Waals surface area contributed by atoms with Crippen LogP contribution in [0, 0.1) is 0 Å². The first-order valence-electron chi connectivity index (χ1n) is 8.57. The maximum absolute atomic E-state index is 12.7. The van der Waals surface area contributed by atoms with E-state index >= 15 is 0 Å². The molecule has 0 spiro atoms. The number of aromatic nitrogens is 3. The van der Waals surface area contributed by atoms with Crippen molar-refractivity contribution in [3.8, 4) is 0 Å². The lowest BCUT2D eigenvalue weighted by Crippen LogP contribution is -2.38. The topological polar surface area (TPSA) is 93.4 Å². The summed E-state index contributed by atoms with van der Waals surface area (Å²) in [4.78, 5) is 23.3. The molecule has 2 aromatic heterocycles. The van der Waals surface area contributed by atoms with Crippen molar-refractivity contribution in [3.63, 3.8) is 0 Å². The largest absolute Gasteiger partial charge is 0.378 e. The van der Waals surface area contributed by atoms with E-state index in [-0.39, 0.29) is 17.6 Å². The van der Waals surface area contributed by atoms with Gasteiger partial charge in [0.15, 0.2) is 5.69 Å². The van der Waals surface area contributed by atoms with E-state index in [2.05, 4.69) is 25.3 Å². The molecule has 1 aliphatic heterocycles. The molecule has 3 heterocycles. The first-order valence-corrected chi connectivity index (χ1v) is 8.57. The summed E-state index contributed by atoms with van der Waals surface area (Å²) in [6, 6.07) is 0.217. The third-order valence-electron chi connectivity index (χ3n) is 4.72. The van der Waals surface area contributed by atoms with Crippen molar-refractivity contribution in [3.05, 3.63) is 12.0 Å². The summed E-state index contributed by atoms with van der Waals surface area (Å²) in [6.45, 7) is 2.72. The van der Waals surface area contributed by atoms with Crippen LogP contribution in [-0.4, -0.2) is 53.4 Å². The standard InChI is InChI=1S/C16H21N5O3/c22-15(19-11-4-2-1-3-5-11)13-12-14(21-6-8-23-9-7-21)17-10-18-16(12)24-20-13/h10-11H,1-9H2,(H,19,22). The molecule has 2 fully saturated rings. The molecule has 0 bridgehead atoms. The van der Waals surface area contributed by atoms with Gasteiger partial charge in [0.05, 0.1) is 13.2 Å². The second-order valence-corrected chi connectivity index (χ2v) is 6.32. The Labute approximate surface area is 139 Å². The van der Waals surface area contributed by atoms with Crippen molar-refractivity contribution in [1.82, 2.24) is 20.4 Å². The summed E-state index contributed by atoms with van der Waals surface area (Å²) in [6.07, 6.45) is 7.05. The van der Waals surface area contributed by atoms with Crippen LogP contribution >= 0.6 is 0 Å². The molecule has 24 heavy (non-hydrogen) atoms. The van der Waals surface area contributed by atoms with Gasteiger partial charge in [-0.05, 0) is 12.8 Å². The summed E-state index contributed by atoms with van der Waals surface area (Å²) < 4.78 is 10.7. The second-order valence-electron chi connectivity index (χ2n) is 6.32. The highest BCUT2D eigenvalue weighted by Crippen LogP contribution is 2.27. The first-order chi connectivity index (χ1) is 11.8. The number of anilines is 1. The second kappa shape index (κ2) is 6.72. The summed E-state index contributed by atoms with van der Waals surface area (Å²) in [5.41, 5.74) is 0.623. The van der Waals surface area contributed by atoms with Crippen molar-refractivity contribution in [2.45, 2.75) is 38.1 Å². The first kappa shape index (κ1) is 15.3. The predicted molar refractivity (Wildman–Crippen MR) is 87.0 cm³/mol. The zero-order valence-electron chi connectivity index (χ0n) is 13.5. The van der Waals surface area contributed by atoms with Gasteiger partial charge in [0, 0.05) is 19.1 Å². The number of morpholine rings is 1. The molecular weight excluding hydrogens is 310 g/mol. The van der Waals surface area contributed by atoms with E-state index < -0.39 is 0 Å². The van der Waals surface area contributed by atoms with Crippen LogP contribution in [0.25, 0.3) is 11.1 Å². The molecular formula is C16H21N5O3. The van der Waals surface area contributed by atoms with Gasteiger partial charge >= 0.3 is 0 Å². The zero-order chi connectivity index (χ0) is 16.4. The fraction of sp³-hybridized carbons (Fsp3) is 0.625. The van der Waals surface area contributed by atoms with Crippen molar-refractivity contribution in [2.24, 2.45) is 0 Å². The van der Waals surface area contributed by atoms with Gasteiger partial charge in [-0.2, -0.15) is 4.98 Å². The third kappa shape index (κ3) is 2.93. The van der Waals surface area contributed by atoms with Crippen LogP contribution in [0.4, 0.5) is 5.82 Å². The molecule has 1 N–H and O–H groups in total. The predicted octanol–water partition coefficient (Wildman–Crippen LogP) is 1.52. The van der Waals surface area contributed by atoms with Crippen molar-refractivity contribution in [1.29, 1.82) is 0 Å². The van der Waals surface area contributed by atoms with Gasteiger partial charge in [-0.1, -0.05) is 24.4 Å². The average Bonchev–Trinajstić information content (AvgIpc) is 3.07. The highest BCUT2D eigenvalue weighted by molar-refractivity contribution is 6.07. The Kier molecular flexibility index (Phi) is 4.29. The SMILES string of the molecule is O=C(NC1CCCCC1)c1noc2ncnc(N3CCOCC3)c12. The molecule has 4 rings (SSSR count). The summed E-state index contributed by atoms with van der Waals surface area (Å²) in [5.74, 6) is 0.489. The normalized spacial score (nSPS) is 19.6. The van der Waals surface area contributed by atoms with Gasteiger partial charge in [0.1, 0.15) is 17.5 Å². The molecule has 8 heteroatoms. The van der Waals surface area contributed by atoms with Crippen LogP contribution in [0.1, 0.15) is 42.6 Å². The van der Waals surface area contributed by atoms with Crippen molar-refractivity contribution in [2.75, 3.05) is 31.2 Å². The zero-order valence-corrected chi connectivity index (χ0v) is 13.5. The summed E-state index contributed by atoms with van der Waals surface area (Å²) in [5, 5.41) is 7.64. The third-order valence-corrected chi connectivity index (χ3v) is 4.72. The molecule has 0 aromatic carbocycles. The molecule has 2 aliphatic rings. The molecule has 8 nitrogen and oxygen atoms in total. The van der Waals surface area contributed by atoms with Gasteiger partial charge in [-0.15, -0.1) is 0 Å². The van der Waals surface area contributed by atoms with Gasteiger partial charge in [0.25, 0.3) is 11.6 Å². The van der Waals surface area contributed by atoms with Crippen molar-refractivity contribution < 1.29 is 14.1 Å². The van der Waals surface area contributed by atoms with Crippen molar-refractivity contribution >= 4 is 22.8 Å². The number of fused-ring (bicyclic) bond motifs is 1. The molecule has 0 radical (unpaired) electrons. The number of nitrogens with one attached hydrogen (secondary N) is 1. The lowest BCUT2D eigenvalue weighted by molar-refractivity contribution is 0.0920. The van der Waals surface area contributed by atoms with Crippen LogP contribution in [0.3, 0.4) is 0 Å². The Hall–Kier alpha value is -2.22. The maximum atomic E-state index is 12.7. The minimum atomic E-state index is -0.204. The van der Waals surface area contributed by atoms with Gasteiger partial charge < -0.3 is 19.5 Å². The Bertz CT molecular complexity index is 720. The Morgan fingerprint density at radius 3 is 2.75 bits per heavy atom. The van der Waals surface area contributed by atoms with Crippen LogP contribution in [-0.2, 0) is 4.74 Å². The molecule has 1 aliphatic carbocycles. The Morgan fingerprint density at radius 1 is 1.17 bits per heavy atom. The minimum Gasteiger partial charge on any atom is -0.378 e. The van der Waals surface area contributed by atoms with Crippen LogP contribution < -0.4 is 10.2 Å². The summed E-state index contributed by atoms with van der Waals surface area (Å²) >= 11 is 0. The number of nitrogens with zero attached hydrogens (tertiary/aromatic N) is 4. The van der Waals surface area contributed by atoms with Crippen LogP contribution in [0.15, 0.2) is 10.9 Å². The average molecular weight is 331 g/mol. The van der Waals surface area contributed by atoms with Gasteiger partial charge in [-0.25, -0.2) is 4.98 Å². The molecule has 1 saturated carbocycles. The van der Waals surface area contributed by atoms with E-state index in [0.717, 1.165) is 38.8 Å². The quantitative estimate of drug-likeness (QED) is 0.911. The van der Waals surface area contributed by atoms with Crippen LogP contribution in [0.2, 0.25) is 0 Å². The highest BCUT2D eigenvalue weighted by atomic mass is 16.5. The number of carbonyl (C=O) groups is 1. The number of hydrogen-bond donors (Lipinski definition) is 1. The lowest BCUT2D eigenvalue weighted by Gasteiger charge is -2.28. The fourth-order valence-corrected chi connectivity index (χ4v) is 3.44. The molecule has 2 aromatic rings. The monoisotopic (exact) mass is 331 g/mol. The smallest absolute Gasteiger partial charge is 0.274 e. The Balaban J connectivity index is 1.63. The van der Waals surface area contributed by atoms with E-state index in [1.165, 1.54) is 12.7 Å². The number of amides is 1. The molecule has 1 amide bonds. The van der Waals surface area contributed by atoms with E-state index in [1.54, 1.807) is 0 Å². The molecule has 0 atom stereocenters. The number of hydrogen-bond acceptors (Lipinski definition) is 7.